The van der Waals surface area contributed by atoms with Crippen LogP contribution in [-0.2, 0) is 28.5 Å². The van der Waals surface area contributed by atoms with Crippen LogP contribution >= 0.6 is 0 Å². The van der Waals surface area contributed by atoms with Crippen molar-refractivity contribution < 1.29 is 33.6 Å². The molecule has 1 aliphatic carbocycles. The van der Waals surface area contributed by atoms with Gasteiger partial charge in [0.15, 0.2) is 0 Å². The maximum absolute atomic E-state index is 12.0. The lowest BCUT2D eigenvalue weighted by Gasteiger charge is -2.43. The highest BCUT2D eigenvalue weighted by Gasteiger charge is 2.72. The first-order valence-corrected chi connectivity index (χ1v) is 11.2. The van der Waals surface area contributed by atoms with Crippen molar-refractivity contribution >= 4 is 5.97 Å². The van der Waals surface area contributed by atoms with Gasteiger partial charge in [0.25, 0.3) is 0 Å². The van der Waals surface area contributed by atoms with Gasteiger partial charge in [0.05, 0.1) is 43.5 Å². The number of epoxide rings is 2. The summed E-state index contributed by atoms with van der Waals surface area (Å²) in [4.78, 5) is 12.0. The minimum atomic E-state index is -1.32. The van der Waals surface area contributed by atoms with E-state index in [4.69, 9.17) is 23.7 Å². The Bertz CT molecular complexity index is 673. The number of ether oxygens (including phenoxy) is 5. The van der Waals surface area contributed by atoms with Gasteiger partial charge in [-0.25, -0.2) is 0 Å². The van der Waals surface area contributed by atoms with Gasteiger partial charge >= 0.3 is 5.97 Å². The van der Waals surface area contributed by atoms with Gasteiger partial charge in [-0.1, -0.05) is 25.5 Å². The average molecular weight is 442 g/mol. The van der Waals surface area contributed by atoms with Gasteiger partial charge < -0.3 is 28.8 Å². The van der Waals surface area contributed by atoms with Gasteiger partial charge in [0, 0.05) is 7.11 Å². The third-order valence-corrected chi connectivity index (χ3v) is 6.98. The Balaban J connectivity index is 1.70. The average Bonchev–Trinajstić information content (AvgIpc) is 3.62. The van der Waals surface area contributed by atoms with Crippen LogP contribution in [0.3, 0.4) is 0 Å². The normalized spacial score (nSPS) is 38.6. The summed E-state index contributed by atoms with van der Waals surface area (Å²) >= 11 is 0. The molecule has 2 N–H and O–H groups in total. The van der Waals surface area contributed by atoms with E-state index >= 15 is 0 Å². The fraction of sp³-hybridized carbons (Fsp3) is 0.870. The number of aliphatic hydroxyl groups is 1. The van der Waals surface area contributed by atoms with E-state index in [-0.39, 0.29) is 41.3 Å². The smallest absolute Gasteiger partial charge is 0.323 e. The predicted octanol–water partition coefficient (Wildman–Crippen LogP) is 2.14. The molecule has 8 atom stereocenters. The van der Waals surface area contributed by atoms with E-state index in [0.29, 0.717) is 13.0 Å². The Labute approximate surface area is 185 Å². The molecule has 1 unspecified atom stereocenters. The molecular formula is C23H39NO7. The molecule has 0 aromatic heterocycles. The largest absolute Gasteiger partial charge is 0.468 e. The first kappa shape index (κ1) is 24.6. The van der Waals surface area contributed by atoms with E-state index < -0.39 is 18.4 Å². The van der Waals surface area contributed by atoms with Crippen molar-refractivity contribution in [3.05, 3.63) is 11.6 Å². The summed E-state index contributed by atoms with van der Waals surface area (Å²) in [5.74, 6) is -0.511. The molecule has 0 bridgehead atoms. The standard InChI is InChI=1S/C23H39NO7/c1-13(2)8-9-16-22(5,31-16)19-18(27-6)15(10-11-23(19)12-29-23)30-21(26)24-17(14(3)4)20(25)28-7/h8,14-19,21,24,26H,9-12H2,1-7H3/t15-,16-,17-,18-,19-,21?,22+,23+/m1/s1. The van der Waals surface area contributed by atoms with Gasteiger partial charge in [-0.15, -0.1) is 0 Å². The highest BCUT2D eigenvalue weighted by atomic mass is 16.7. The zero-order chi connectivity index (χ0) is 23.0. The van der Waals surface area contributed by atoms with Crippen LogP contribution in [0.1, 0.15) is 53.9 Å². The Morgan fingerprint density at radius 2 is 2.00 bits per heavy atom. The van der Waals surface area contributed by atoms with Crippen LogP contribution in [0.4, 0.5) is 0 Å². The molecular weight excluding hydrogens is 402 g/mol. The zero-order valence-corrected chi connectivity index (χ0v) is 19.8. The third kappa shape index (κ3) is 5.15. The van der Waals surface area contributed by atoms with Crippen LogP contribution in [0.25, 0.3) is 0 Å². The van der Waals surface area contributed by atoms with Crippen molar-refractivity contribution in [1.82, 2.24) is 5.32 Å². The molecule has 3 fully saturated rings. The first-order valence-electron chi connectivity index (χ1n) is 11.2. The molecule has 0 radical (unpaired) electrons. The van der Waals surface area contributed by atoms with Gasteiger partial charge in [0.2, 0.25) is 6.41 Å². The number of aliphatic hydroxyl groups excluding tert-OH is 1. The summed E-state index contributed by atoms with van der Waals surface area (Å²) in [6.07, 6.45) is 2.68. The van der Waals surface area contributed by atoms with Crippen molar-refractivity contribution in [2.24, 2.45) is 11.8 Å². The maximum atomic E-state index is 12.0. The number of hydrogen-bond acceptors (Lipinski definition) is 8. The number of esters is 1. The van der Waals surface area contributed by atoms with Crippen LogP contribution in [0.5, 0.6) is 0 Å². The number of carbonyl (C=O) groups excluding carboxylic acids is 1. The van der Waals surface area contributed by atoms with Crippen molar-refractivity contribution in [3.8, 4) is 0 Å². The highest BCUT2D eigenvalue weighted by Crippen LogP contribution is 2.59. The Morgan fingerprint density at radius 1 is 1.32 bits per heavy atom. The highest BCUT2D eigenvalue weighted by molar-refractivity contribution is 5.75. The van der Waals surface area contributed by atoms with E-state index in [0.717, 1.165) is 12.8 Å². The first-order chi connectivity index (χ1) is 14.6. The number of carbonyl (C=O) groups is 1. The number of methoxy groups -OCH3 is 2. The second-order valence-corrected chi connectivity index (χ2v) is 9.82. The summed E-state index contributed by atoms with van der Waals surface area (Å²) in [7, 11) is 2.99. The Hall–Kier alpha value is -1.03. The molecule has 0 amide bonds. The zero-order valence-electron chi connectivity index (χ0n) is 19.8. The SMILES string of the molecule is COC(=O)[C@H](NC(O)O[C@@H]1CC[C@]2(CO2)[C@@H]([C@@]2(C)O[C@@H]2CC=C(C)C)[C@@H]1OC)C(C)C. The molecule has 178 valence electrons. The van der Waals surface area contributed by atoms with Gasteiger partial charge in [-0.05, 0) is 46.0 Å². The molecule has 1 spiro atoms. The van der Waals surface area contributed by atoms with Crippen LogP contribution in [-0.4, -0.2) is 73.9 Å². The molecule has 0 aromatic carbocycles. The van der Waals surface area contributed by atoms with Crippen molar-refractivity contribution in [1.29, 1.82) is 0 Å². The molecule has 2 aliphatic heterocycles. The van der Waals surface area contributed by atoms with Crippen LogP contribution in [0, 0.1) is 11.8 Å². The molecule has 1 saturated carbocycles. The second-order valence-electron chi connectivity index (χ2n) is 9.82. The number of hydrogen-bond donors (Lipinski definition) is 2. The van der Waals surface area contributed by atoms with Crippen molar-refractivity contribution in [3.63, 3.8) is 0 Å². The van der Waals surface area contributed by atoms with Crippen LogP contribution in [0.15, 0.2) is 11.6 Å². The molecule has 31 heavy (non-hydrogen) atoms. The van der Waals surface area contributed by atoms with E-state index in [9.17, 15) is 9.90 Å². The van der Waals surface area contributed by atoms with Crippen LogP contribution in [0.2, 0.25) is 0 Å². The lowest BCUT2D eigenvalue weighted by atomic mass is 9.68. The summed E-state index contributed by atoms with van der Waals surface area (Å²) in [5.41, 5.74) is 0.651. The van der Waals surface area contributed by atoms with Gasteiger partial charge in [0.1, 0.15) is 11.6 Å². The molecule has 8 heteroatoms. The van der Waals surface area contributed by atoms with E-state index in [1.54, 1.807) is 7.11 Å². The van der Waals surface area contributed by atoms with Crippen molar-refractivity contribution in [2.45, 2.75) is 95.9 Å². The maximum Gasteiger partial charge on any atom is 0.323 e. The second kappa shape index (κ2) is 9.45. The monoisotopic (exact) mass is 441 g/mol. The predicted molar refractivity (Wildman–Crippen MR) is 114 cm³/mol. The molecule has 8 nitrogen and oxygen atoms in total. The minimum Gasteiger partial charge on any atom is -0.468 e. The fourth-order valence-electron chi connectivity index (χ4n) is 5.11. The molecule has 0 aromatic rings. The lowest BCUT2D eigenvalue weighted by Crippen LogP contribution is -2.57. The van der Waals surface area contributed by atoms with E-state index in [2.05, 4.69) is 32.2 Å². The van der Waals surface area contributed by atoms with Crippen LogP contribution < -0.4 is 5.32 Å². The fourth-order valence-corrected chi connectivity index (χ4v) is 5.11. The Kier molecular flexibility index (Phi) is 7.50. The molecule has 3 aliphatic rings. The summed E-state index contributed by atoms with van der Waals surface area (Å²) in [6.45, 7) is 10.7. The quantitative estimate of drug-likeness (QED) is 0.230. The van der Waals surface area contributed by atoms with E-state index in [1.165, 1.54) is 12.7 Å². The van der Waals surface area contributed by atoms with E-state index in [1.807, 2.05) is 13.8 Å². The summed E-state index contributed by atoms with van der Waals surface area (Å²) in [5, 5.41) is 13.4. The van der Waals surface area contributed by atoms with Gasteiger partial charge in [-0.2, -0.15) is 0 Å². The number of allylic oxidation sites excluding steroid dienone is 1. The molecule has 2 saturated heterocycles. The van der Waals surface area contributed by atoms with Gasteiger partial charge in [-0.3, -0.25) is 10.1 Å². The number of nitrogens with one attached hydrogen (secondary N) is 1. The molecule has 2 heterocycles. The Morgan fingerprint density at radius 3 is 2.52 bits per heavy atom. The molecule has 3 rings (SSSR count). The number of rotatable bonds is 10. The van der Waals surface area contributed by atoms with Crippen molar-refractivity contribution in [2.75, 3.05) is 20.8 Å². The topological polar surface area (TPSA) is 102 Å². The minimum absolute atomic E-state index is 0.00647. The third-order valence-electron chi connectivity index (χ3n) is 6.98. The summed E-state index contributed by atoms with van der Waals surface area (Å²) in [6, 6.07) is -0.670. The lowest BCUT2D eigenvalue weighted by molar-refractivity contribution is -0.219. The summed E-state index contributed by atoms with van der Waals surface area (Å²) < 4.78 is 28.9.